The predicted octanol–water partition coefficient (Wildman–Crippen LogP) is 3.57. The molecule has 0 radical (unpaired) electrons. The summed E-state index contributed by atoms with van der Waals surface area (Å²) in [5.41, 5.74) is 0.122. The standard InChI is InChI=1S/C22H32N2O5S/c1-16(14-24(12-7-13-25)21(26)29-22(3,4)5)15-30(27,28)20-9-6-8-18-17(2)23-11-10-19(18)20/h6,8-11,16,25H,7,12-15H2,1-5H3. The van der Waals surface area contributed by atoms with Crippen LogP contribution in [0.25, 0.3) is 10.8 Å². The molecule has 166 valence electrons. The molecule has 0 bridgehead atoms. The lowest BCUT2D eigenvalue weighted by molar-refractivity contribution is 0.0219. The summed E-state index contributed by atoms with van der Waals surface area (Å²) in [6.45, 7) is 9.44. The van der Waals surface area contributed by atoms with Crippen molar-refractivity contribution in [3.63, 3.8) is 0 Å². The molecule has 0 spiro atoms. The Labute approximate surface area is 179 Å². The van der Waals surface area contributed by atoms with E-state index in [1.807, 2.05) is 13.0 Å². The Balaban J connectivity index is 2.21. The van der Waals surface area contributed by atoms with Crippen molar-refractivity contribution >= 4 is 26.7 Å². The number of benzene rings is 1. The maximum absolute atomic E-state index is 13.2. The van der Waals surface area contributed by atoms with E-state index in [-0.39, 0.29) is 29.7 Å². The van der Waals surface area contributed by atoms with Crippen LogP contribution in [-0.4, -0.2) is 60.6 Å². The largest absolute Gasteiger partial charge is 0.444 e. The van der Waals surface area contributed by atoms with E-state index in [1.54, 1.807) is 52.1 Å². The van der Waals surface area contributed by atoms with Gasteiger partial charge in [0.1, 0.15) is 5.60 Å². The molecule has 2 rings (SSSR count). The zero-order valence-corrected chi connectivity index (χ0v) is 19.2. The van der Waals surface area contributed by atoms with Gasteiger partial charge < -0.3 is 14.7 Å². The number of rotatable bonds is 8. The minimum atomic E-state index is -3.59. The smallest absolute Gasteiger partial charge is 0.410 e. The number of ether oxygens (including phenoxy) is 1. The first-order valence-corrected chi connectivity index (χ1v) is 11.8. The van der Waals surface area contributed by atoms with Crippen LogP contribution in [0.4, 0.5) is 4.79 Å². The number of nitrogens with zero attached hydrogens (tertiary/aromatic N) is 2. The molecule has 0 aliphatic carbocycles. The van der Waals surface area contributed by atoms with Crippen molar-refractivity contribution in [1.82, 2.24) is 9.88 Å². The van der Waals surface area contributed by atoms with Crippen molar-refractivity contribution < 1.29 is 23.1 Å². The number of aromatic nitrogens is 1. The Morgan fingerprint density at radius 2 is 1.93 bits per heavy atom. The SMILES string of the molecule is Cc1nccc2c(S(=O)(=O)CC(C)CN(CCCO)C(=O)OC(C)(C)C)cccc12. The second-order valence-electron chi connectivity index (χ2n) is 8.64. The van der Waals surface area contributed by atoms with Gasteiger partial charge in [-0.05, 0) is 52.2 Å². The fraction of sp³-hybridized carbons (Fsp3) is 0.545. The predicted molar refractivity (Wildman–Crippen MR) is 117 cm³/mol. The van der Waals surface area contributed by atoms with Gasteiger partial charge in [0.25, 0.3) is 0 Å². The topological polar surface area (TPSA) is 96.8 Å². The van der Waals surface area contributed by atoms with Crippen LogP contribution < -0.4 is 0 Å². The van der Waals surface area contributed by atoms with Crippen LogP contribution in [0.15, 0.2) is 35.4 Å². The van der Waals surface area contributed by atoms with Crippen LogP contribution >= 0.6 is 0 Å². The van der Waals surface area contributed by atoms with Crippen LogP contribution in [0.2, 0.25) is 0 Å². The Morgan fingerprint density at radius 1 is 1.23 bits per heavy atom. The van der Waals surface area contributed by atoms with E-state index in [0.29, 0.717) is 18.4 Å². The number of carbonyl (C=O) groups is 1. The second-order valence-corrected chi connectivity index (χ2v) is 10.6. The molecule has 30 heavy (non-hydrogen) atoms. The van der Waals surface area contributed by atoms with Crippen LogP contribution in [0.3, 0.4) is 0 Å². The normalized spacial score (nSPS) is 13.3. The second kappa shape index (κ2) is 9.75. The highest BCUT2D eigenvalue weighted by atomic mass is 32.2. The first kappa shape index (κ1) is 24.1. The minimum Gasteiger partial charge on any atom is -0.444 e. The Hall–Kier alpha value is -2.19. The lowest BCUT2D eigenvalue weighted by Gasteiger charge is -2.29. The molecule has 0 saturated heterocycles. The van der Waals surface area contributed by atoms with Crippen LogP contribution in [0.5, 0.6) is 0 Å². The summed E-state index contributed by atoms with van der Waals surface area (Å²) in [4.78, 5) is 18.5. The number of aliphatic hydroxyl groups is 1. The molecule has 1 unspecified atom stereocenters. The third kappa shape index (κ3) is 6.40. The molecular formula is C22H32N2O5S. The van der Waals surface area contributed by atoms with Gasteiger partial charge in [0.05, 0.1) is 10.6 Å². The molecule has 8 heteroatoms. The summed E-state index contributed by atoms with van der Waals surface area (Å²) in [5, 5.41) is 10.6. The summed E-state index contributed by atoms with van der Waals surface area (Å²) in [7, 11) is -3.59. The molecule has 1 amide bonds. The van der Waals surface area contributed by atoms with E-state index in [1.165, 1.54) is 4.90 Å². The van der Waals surface area contributed by atoms with Gasteiger partial charge in [-0.15, -0.1) is 0 Å². The highest BCUT2D eigenvalue weighted by Gasteiger charge is 2.26. The van der Waals surface area contributed by atoms with E-state index < -0.39 is 21.5 Å². The van der Waals surface area contributed by atoms with Crippen molar-refractivity contribution in [2.75, 3.05) is 25.4 Å². The summed E-state index contributed by atoms with van der Waals surface area (Å²) in [5.74, 6) is -0.425. The van der Waals surface area contributed by atoms with Gasteiger partial charge in [-0.3, -0.25) is 4.98 Å². The molecule has 1 N–H and O–H groups in total. The Bertz CT molecular complexity index is 983. The van der Waals surface area contributed by atoms with Gasteiger partial charge in [0, 0.05) is 42.4 Å². The summed E-state index contributed by atoms with van der Waals surface area (Å²) in [6, 6.07) is 6.91. The third-order valence-electron chi connectivity index (χ3n) is 4.57. The number of pyridine rings is 1. The molecule has 7 nitrogen and oxygen atoms in total. The molecule has 1 atom stereocenters. The number of carbonyl (C=O) groups excluding carboxylic acids is 1. The van der Waals surface area contributed by atoms with E-state index in [0.717, 1.165) is 11.1 Å². The Morgan fingerprint density at radius 3 is 2.57 bits per heavy atom. The van der Waals surface area contributed by atoms with Crippen molar-refractivity contribution in [3.05, 3.63) is 36.2 Å². The summed E-state index contributed by atoms with van der Waals surface area (Å²) in [6.07, 6.45) is 1.50. The molecule has 1 aromatic carbocycles. The monoisotopic (exact) mass is 436 g/mol. The van der Waals surface area contributed by atoms with Gasteiger partial charge in [0.15, 0.2) is 9.84 Å². The summed E-state index contributed by atoms with van der Waals surface area (Å²) >= 11 is 0. The van der Waals surface area contributed by atoms with Gasteiger partial charge in [-0.1, -0.05) is 19.1 Å². The fourth-order valence-corrected chi connectivity index (χ4v) is 5.17. The van der Waals surface area contributed by atoms with E-state index in [4.69, 9.17) is 9.84 Å². The minimum absolute atomic E-state index is 0.0602. The van der Waals surface area contributed by atoms with Crippen molar-refractivity contribution in [2.24, 2.45) is 5.92 Å². The van der Waals surface area contributed by atoms with Gasteiger partial charge in [-0.2, -0.15) is 0 Å². The zero-order valence-electron chi connectivity index (χ0n) is 18.4. The van der Waals surface area contributed by atoms with Gasteiger partial charge in [0.2, 0.25) is 0 Å². The lowest BCUT2D eigenvalue weighted by atomic mass is 10.1. The summed E-state index contributed by atoms with van der Waals surface area (Å²) < 4.78 is 31.8. The maximum atomic E-state index is 13.2. The number of fused-ring (bicyclic) bond motifs is 1. The van der Waals surface area contributed by atoms with E-state index in [9.17, 15) is 13.2 Å². The van der Waals surface area contributed by atoms with Crippen LogP contribution in [0.1, 0.15) is 39.8 Å². The Kier molecular flexibility index (Phi) is 7.82. The van der Waals surface area contributed by atoms with Crippen LogP contribution in [0, 0.1) is 12.8 Å². The van der Waals surface area contributed by atoms with Gasteiger partial charge >= 0.3 is 6.09 Å². The first-order valence-electron chi connectivity index (χ1n) is 10.1. The highest BCUT2D eigenvalue weighted by molar-refractivity contribution is 7.91. The molecular weight excluding hydrogens is 404 g/mol. The first-order chi connectivity index (χ1) is 13.9. The van der Waals surface area contributed by atoms with Gasteiger partial charge in [-0.25, -0.2) is 13.2 Å². The lowest BCUT2D eigenvalue weighted by Crippen LogP contribution is -2.41. The molecule has 1 aromatic heterocycles. The average Bonchev–Trinajstić information content (AvgIpc) is 2.63. The van der Waals surface area contributed by atoms with Crippen molar-refractivity contribution in [2.45, 2.75) is 51.5 Å². The van der Waals surface area contributed by atoms with E-state index >= 15 is 0 Å². The molecule has 0 aliphatic rings. The maximum Gasteiger partial charge on any atom is 0.410 e. The molecule has 0 fully saturated rings. The number of aliphatic hydroxyl groups excluding tert-OH is 1. The zero-order chi connectivity index (χ0) is 22.5. The van der Waals surface area contributed by atoms with Crippen LogP contribution in [-0.2, 0) is 14.6 Å². The molecule has 2 aromatic rings. The van der Waals surface area contributed by atoms with Crippen molar-refractivity contribution in [3.8, 4) is 0 Å². The molecule has 0 aliphatic heterocycles. The quantitative estimate of drug-likeness (QED) is 0.679. The highest BCUT2D eigenvalue weighted by Crippen LogP contribution is 2.26. The third-order valence-corrected chi connectivity index (χ3v) is 6.61. The fourth-order valence-electron chi connectivity index (χ4n) is 3.33. The number of hydrogen-bond donors (Lipinski definition) is 1. The number of amides is 1. The van der Waals surface area contributed by atoms with Crippen molar-refractivity contribution in [1.29, 1.82) is 0 Å². The number of aryl methyl sites for hydroxylation is 1. The average molecular weight is 437 g/mol. The number of sulfone groups is 1. The molecule has 0 saturated carbocycles. The molecule has 1 heterocycles. The van der Waals surface area contributed by atoms with E-state index in [2.05, 4.69) is 4.98 Å². The number of hydrogen-bond acceptors (Lipinski definition) is 6.